The molecule has 0 saturated carbocycles. The largest absolute Gasteiger partial charge is 0.467 e. The Bertz CT molecular complexity index is 377. The first-order valence-electron chi connectivity index (χ1n) is 6.27. The predicted octanol–water partition coefficient (Wildman–Crippen LogP) is 1.28. The van der Waals surface area contributed by atoms with E-state index in [4.69, 9.17) is 4.74 Å². The Morgan fingerprint density at radius 2 is 2.00 bits per heavy atom. The van der Waals surface area contributed by atoms with Crippen LogP contribution in [0.1, 0.15) is 6.42 Å². The summed E-state index contributed by atoms with van der Waals surface area (Å²) in [6.07, 6.45) is -0.602. The maximum Gasteiger partial charge on any atom is 0.410 e. The van der Waals surface area contributed by atoms with E-state index < -0.39 is 26.2 Å². The van der Waals surface area contributed by atoms with Crippen molar-refractivity contribution in [2.24, 2.45) is 0 Å². The van der Waals surface area contributed by atoms with E-state index in [1.807, 2.05) is 0 Å². The zero-order valence-electron chi connectivity index (χ0n) is 11.9. The van der Waals surface area contributed by atoms with Gasteiger partial charge in [0.1, 0.15) is 6.04 Å². The zero-order valence-corrected chi connectivity index (χ0v) is 12.9. The highest BCUT2D eigenvalue weighted by Crippen LogP contribution is 2.17. The number of hydrogen-bond donors (Lipinski definition) is 0. The minimum Gasteiger partial charge on any atom is -0.467 e. The first-order chi connectivity index (χ1) is 8.74. The van der Waals surface area contributed by atoms with E-state index in [0.717, 1.165) is 10.9 Å². The summed E-state index contributed by atoms with van der Waals surface area (Å²) in [6.45, 7) is 6.78. The van der Waals surface area contributed by atoms with Crippen LogP contribution in [0.4, 0.5) is 4.79 Å². The third-order valence-corrected chi connectivity index (χ3v) is 4.63. The molecule has 19 heavy (non-hydrogen) atoms. The van der Waals surface area contributed by atoms with Gasteiger partial charge in [-0.05, 0) is 6.04 Å². The molecule has 0 radical (unpaired) electrons. The molecule has 1 atom stereocenters. The molecule has 108 valence electrons. The second kappa shape index (κ2) is 6.18. The third kappa shape index (κ3) is 4.66. The fourth-order valence-electron chi connectivity index (χ4n) is 1.76. The molecule has 7 heteroatoms. The lowest BCUT2D eigenvalue weighted by Gasteiger charge is -2.22. The maximum absolute atomic E-state index is 11.9. The van der Waals surface area contributed by atoms with Crippen LogP contribution in [-0.2, 0) is 19.1 Å². The van der Waals surface area contributed by atoms with Crippen LogP contribution in [0.25, 0.3) is 0 Å². The maximum atomic E-state index is 11.9. The van der Waals surface area contributed by atoms with Crippen LogP contribution in [0.2, 0.25) is 25.7 Å². The highest BCUT2D eigenvalue weighted by Gasteiger charge is 2.40. The van der Waals surface area contributed by atoms with Crippen LogP contribution in [0.3, 0.4) is 0 Å². The van der Waals surface area contributed by atoms with E-state index in [0.29, 0.717) is 6.61 Å². The Morgan fingerprint density at radius 1 is 1.37 bits per heavy atom. The number of rotatable bonds is 4. The highest BCUT2D eigenvalue weighted by molar-refractivity contribution is 6.76. The Kier molecular flexibility index (Phi) is 5.10. The number of ether oxygens (including phenoxy) is 2. The van der Waals surface area contributed by atoms with Crippen LogP contribution >= 0.6 is 0 Å². The minimum absolute atomic E-state index is 0.00972. The molecular weight excluding hydrogens is 266 g/mol. The number of amides is 1. The Morgan fingerprint density at radius 3 is 2.53 bits per heavy atom. The van der Waals surface area contributed by atoms with Gasteiger partial charge in [-0.15, -0.1) is 0 Å². The summed E-state index contributed by atoms with van der Waals surface area (Å²) in [5.41, 5.74) is 0. The standard InChI is InChI=1S/C12H21NO5Si/c1-17-11(15)10-7-9(14)8-13(10)12(16)18-5-6-19(2,3)4/h10H,5-8H2,1-4H3/t10-/m0/s1. The lowest BCUT2D eigenvalue weighted by Crippen LogP contribution is -2.41. The zero-order chi connectivity index (χ0) is 14.6. The second-order valence-electron chi connectivity index (χ2n) is 5.83. The quantitative estimate of drug-likeness (QED) is 0.575. The molecule has 1 heterocycles. The molecular formula is C12H21NO5Si. The first kappa shape index (κ1) is 15.7. The Labute approximate surface area is 114 Å². The molecule has 6 nitrogen and oxygen atoms in total. The number of Topliss-reactive ketones (excluding diaryl/α,β-unsaturated/α-hetero) is 1. The van der Waals surface area contributed by atoms with Crippen molar-refractivity contribution in [2.75, 3.05) is 20.3 Å². The average Bonchev–Trinajstić information content (AvgIpc) is 2.68. The van der Waals surface area contributed by atoms with E-state index in [1.54, 1.807) is 0 Å². The molecule has 0 aromatic carbocycles. The third-order valence-electron chi connectivity index (χ3n) is 2.93. The van der Waals surface area contributed by atoms with Gasteiger partial charge in [-0.1, -0.05) is 19.6 Å². The van der Waals surface area contributed by atoms with E-state index in [1.165, 1.54) is 7.11 Å². The summed E-state index contributed by atoms with van der Waals surface area (Å²) in [4.78, 5) is 35.9. The summed E-state index contributed by atoms with van der Waals surface area (Å²) in [5, 5.41) is 0. The summed E-state index contributed by atoms with van der Waals surface area (Å²) in [5.74, 6) is -0.731. The molecule has 0 unspecified atom stereocenters. The molecule has 0 aromatic rings. The van der Waals surface area contributed by atoms with Crippen molar-refractivity contribution in [3.63, 3.8) is 0 Å². The van der Waals surface area contributed by atoms with Gasteiger partial charge in [0.2, 0.25) is 0 Å². The van der Waals surface area contributed by atoms with E-state index in [9.17, 15) is 14.4 Å². The topological polar surface area (TPSA) is 72.9 Å². The fraction of sp³-hybridized carbons (Fsp3) is 0.750. The normalized spacial score (nSPS) is 19.5. The molecule has 0 aromatic heterocycles. The van der Waals surface area contributed by atoms with E-state index in [2.05, 4.69) is 24.4 Å². The molecule has 1 aliphatic heterocycles. The Hall–Kier alpha value is -1.37. The smallest absolute Gasteiger partial charge is 0.410 e. The molecule has 1 saturated heterocycles. The lowest BCUT2D eigenvalue weighted by molar-refractivity contribution is -0.145. The van der Waals surface area contributed by atoms with Crippen molar-refractivity contribution < 1.29 is 23.9 Å². The SMILES string of the molecule is COC(=O)[C@@H]1CC(=O)CN1C(=O)OCC[Si](C)(C)C. The van der Waals surface area contributed by atoms with Gasteiger partial charge < -0.3 is 9.47 Å². The number of hydrogen-bond acceptors (Lipinski definition) is 5. The number of esters is 1. The summed E-state index contributed by atoms with van der Waals surface area (Å²) in [6, 6.07) is 0.0144. The van der Waals surface area contributed by atoms with Crippen molar-refractivity contribution in [3.8, 4) is 0 Å². The number of ketones is 1. The predicted molar refractivity (Wildman–Crippen MR) is 71.6 cm³/mol. The van der Waals surface area contributed by atoms with Crippen LogP contribution in [-0.4, -0.2) is 57.1 Å². The van der Waals surface area contributed by atoms with Crippen LogP contribution < -0.4 is 0 Å². The molecule has 0 spiro atoms. The van der Waals surface area contributed by atoms with Crippen molar-refractivity contribution in [1.29, 1.82) is 0 Å². The number of carbonyl (C=O) groups is 3. The van der Waals surface area contributed by atoms with Gasteiger partial charge in [0, 0.05) is 14.5 Å². The highest BCUT2D eigenvalue weighted by atomic mass is 28.3. The minimum atomic E-state index is -1.28. The van der Waals surface area contributed by atoms with Crippen molar-refractivity contribution in [3.05, 3.63) is 0 Å². The first-order valence-corrected chi connectivity index (χ1v) is 9.98. The van der Waals surface area contributed by atoms with Crippen LogP contribution in [0, 0.1) is 0 Å². The Balaban J connectivity index is 2.55. The monoisotopic (exact) mass is 287 g/mol. The summed E-state index contributed by atoms with van der Waals surface area (Å²) < 4.78 is 9.72. The lowest BCUT2D eigenvalue weighted by atomic mass is 10.2. The number of carbonyl (C=O) groups excluding carboxylic acids is 3. The summed E-state index contributed by atoms with van der Waals surface area (Å²) in [7, 11) is -0.0411. The number of nitrogens with zero attached hydrogens (tertiary/aromatic N) is 1. The molecule has 0 bridgehead atoms. The average molecular weight is 287 g/mol. The van der Waals surface area contributed by atoms with Gasteiger partial charge in [-0.3, -0.25) is 9.69 Å². The fourth-order valence-corrected chi connectivity index (χ4v) is 2.47. The van der Waals surface area contributed by atoms with Gasteiger partial charge in [0.15, 0.2) is 5.78 Å². The molecule has 0 aliphatic carbocycles. The van der Waals surface area contributed by atoms with Crippen molar-refractivity contribution >= 4 is 25.9 Å². The van der Waals surface area contributed by atoms with Gasteiger partial charge in [0.25, 0.3) is 0 Å². The van der Waals surface area contributed by atoms with Gasteiger partial charge in [-0.25, -0.2) is 9.59 Å². The summed E-state index contributed by atoms with van der Waals surface area (Å²) >= 11 is 0. The van der Waals surface area contributed by atoms with Crippen LogP contribution in [0.5, 0.6) is 0 Å². The van der Waals surface area contributed by atoms with E-state index in [-0.39, 0.29) is 18.7 Å². The van der Waals surface area contributed by atoms with Crippen molar-refractivity contribution in [2.45, 2.75) is 38.1 Å². The molecule has 0 N–H and O–H groups in total. The van der Waals surface area contributed by atoms with Crippen molar-refractivity contribution in [1.82, 2.24) is 4.90 Å². The van der Waals surface area contributed by atoms with Gasteiger partial charge >= 0.3 is 12.1 Å². The van der Waals surface area contributed by atoms with E-state index >= 15 is 0 Å². The molecule has 1 rings (SSSR count). The number of likely N-dealkylation sites (tertiary alicyclic amines) is 1. The molecule has 1 amide bonds. The molecule has 1 aliphatic rings. The second-order valence-corrected chi connectivity index (χ2v) is 11.5. The van der Waals surface area contributed by atoms with Crippen LogP contribution in [0.15, 0.2) is 0 Å². The van der Waals surface area contributed by atoms with Gasteiger partial charge in [0.05, 0.1) is 20.3 Å². The van der Waals surface area contributed by atoms with Gasteiger partial charge in [-0.2, -0.15) is 0 Å². The number of methoxy groups -OCH3 is 1. The molecule has 1 fully saturated rings.